The van der Waals surface area contributed by atoms with Gasteiger partial charge in [-0.15, -0.1) is 13.2 Å². The van der Waals surface area contributed by atoms with E-state index in [1.54, 1.807) is 6.07 Å². The molecule has 1 aromatic heterocycles. The second kappa shape index (κ2) is 8.84. The van der Waals surface area contributed by atoms with Gasteiger partial charge in [-0.3, -0.25) is 0 Å². The van der Waals surface area contributed by atoms with Gasteiger partial charge in [0.2, 0.25) is 0 Å². The summed E-state index contributed by atoms with van der Waals surface area (Å²) in [6.45, 7) is 1.99. The van der Waals surface area contributed by atoms with Crippen molar-refractivity contribution >= 4 is 27.8 Å². The lowest BCUT2D eigenvalue weighted by Crippen LogP contribution is -2.02. The Morgan fingerprint density at radius 3 is 2.00 bits per heavy atom. The predicted octanol–water partition coefficient (Wildman–Crippen LogP) is 8.37. The summed E-state index contributed by atoms with van der Waals surface area (Å²) in [5.41, 5.74) is -3.16. The van der Waals surface area contributed by atoms with Crippen LogP contribution in [0.3, 0.4) is 0 Å². The second-order valence-electron chi connectivity index (χ2n) is 6.71. The summed E-state index contributed by atoms with van der Waals surface area (Å²) >= 11 is 0. The van der Waals surface area contributed by atoms with Crippen molar-refractivity contribution in [2.45, 2.75) is 63.3 Å². The van der Waals surface area contributed by atoms with Crippen molar-refractivity contribution < 1.29 is 30.4 Å². The van der Waals surface area contributed by atoms with Crippen molar-refractivity contribution in [2.24, 2.45) is 0 Å². The van der Waals surface area contributed by atoms with E-state index in [9.17, 15) is 30.4 Å². The van der Waals surface area contributed by atoms with Gasteiger partial charge in [0.15, 0.2) is 9.58 Å². The van der Waals surface area contributed by atoms with Gasteiger partial charge in [0.1, 0.15) is 0 Å². The van der Waals surface area contributed by atoms with Gasteiger partial charge in [0.05, 0.1) is 10.5 Å². The average Bonchev–Trinajstić information content (AvgIpc) is 2.72. The van der Waals surface area contributed by atoms with Gasteiger partial charge in [-0.1, -0.05) is 38.7 Å². The summed E-state index contributed by atoms with van der Waals surface area (Å²) in [6.07, 6.45) is 7.06. The van der Waals surface area contributed by atoms with Crippen LogP contribution in [0.15, 0.2) is 24.3 Å². The molecule has 1 aliphatic carbocycles. The van der Waals surface area contributed by atoms with E-state index in [0.717, 1.165) is 55.9 Å². The zero-order valence-corrected chi connectivity index (χ0v) is 15.8. The fourth-order valence-electron chi connectivity index (χ4n) is 3.54. The normalized spacial score (nSPS) is 17.4. The maximum absolute atomic E-state index is 13.8. The molecule has 0 spiro atoms. The van der Waals surface area contributed by atoms with Crippen LogP contribution in [-0.4, -0.2) is 7.25 Å². The Morgan fingerprint density at radius 1 is 0.963 bits per heavy atom. The van der Waals surface area contributed by atoms with Gasteiger partial charge >= 0.3 is 12.8 Å². The molecule has 0 aliphatic heterocycles. The summed E-state index contributed by atoms with van der Waals surface area (Å²) < 4.78 is 80.8. The first kappa shape index (κ1) is 22.0. The highest BCUT2D eigenvalue weighted by atomic mass is 32.2. The van der Waals surface area contributed by atoms with Crippen molar-refractivity contribution in [3.05, 3.63) is 34.7 Å². The highest BCUT2D eigenvalue weighted by Crippen LogP contribution is 2.54. The Kier molecular flexibility index (Phi) is 7.22. The smallest absolute Gasteiger partial charge is 0.418 e. The van der Waals surface area contributed by atoms with Crippen LogP contribution in [0.5, 0.6) is 0 Å². The molecule has 0 bridgehead atoms. The van der Waals surface area contributed by atoms with E-state index < -0.39 is 23.2 Å². The highest BCUT2D eigenvalue weighted by molar-refractivity contribution is 7.38. The molecule has 1 heterocycles. The van der Waals surface area contributed by atoms with Crippen molar-refractivity contribution in [2.75, 3.05) is 0 Å². The Balaban J connectivity index is 0.000000465. The van der Waals surface area contributed by atoms with Gasteiger partial charge in [-0.05, 0) is 30.9 Å². The SMILES string of the molecule is CCc1ccc2cc(C3CCCCCC3)[s+](C(F)(F)F)c2c1.F[B-](F)(F)F. The Labute approximate surface area is 156 Å². The molecule has 0 saturated heterocycles. The minimum atomic E-state index is -6.00. The second-order valence-corrected chi connectivity index (χ2v) is 8.69. The standard InChI is InChI=1S/C18H22F3S.BF4/c1-2-13-9-10-15-12-17(14-7-5-3-4-6-8-14)22(16(15)11-13)18(19,20)21;2-1(3,4)5/h9-12,14H,2-8H2,1H3;/q+1;-1. The largest absolute Gasteiger partial charge is 0.673 e. The van der Waals surface area contributed by atoms with Gasteiger partial charge in [-0.25, -0.2) is 0 Å². The molecule has 0 nitrogen and oxygen atoms in total. The van der Waals surface area contributed by atoms with Crippen molar-refractivity contribution in [1.29, 1.82) is 0 Å². The topological polar surface area (TPSA) is 0 Å². The van der Waals surface area contributed by atoms with Gasteiger partial charge in [0.25, 0.3) is 0 Å². The molecule has 0 amide bonds. The molecule has 1 aliphatic rings. The van der Waals surface area contributed by atoms with Crippen molar-refractivity contribution in [1.82, 2.24) is 0 Å². The summed E-state index contributed by atoms with van der Waals surface area (Å²) in [5.74, 6) is 0.116. The molecule has 1 unspecified atom stereocenters. The molecule has 1 fully saturated rings. The number of hydrogen-bond donors (Lipinski definition) is 0. The van der Waals surface area contributed by atoms with Crippen LogP contribution in [0.4, 0.5) is 30.4 Å². The van der Waals surface area contributed by atoms with Gasteiger partial charge in [-0.2, -0.15) is 0 Å². The molecule has 1 saturated carbocycles. The Hall–Kier alpha value is -1.25. The number of alkyl halides is 3. The number of rotatable bonds is 2. The van der Waals surface area contributed by atoms with Crippen LogP contribution in [0.25, 0.3) is 10.1 Å². The molecule has 2 aromatic rings. The van der Waals surface area contributed by atoms with Gasteiger partial charge in [0, 0.05) is 23.4 Å². The Morgan fingerprint density at radius 2 is 1.52 bits per heavy atom. The monoisotopic (exact) mass is 414 g/mol. The van der Waals surface area contributed by atoms with E-state index in [2.05, 4.69) is 0 Å². The average molecular weight is 414 g/mol. The van der Waals surface area contributed by atoms with Crippen LogP contribution in [0.1, 0.15) is 61.8 Å². The molecule has 3 rings (SSSR count). The maximum atomic E-state index is 13.8. The van der Waals surface area contributed by atoms with Crippen LogP contribution >= 0.6 is 10.5 Å². The molecule has 0 radical (unpaired) electrons. The first-order chi connectivity index (χ1) is 12.5. The summed E-state index contributed by atoms with van der Waals surface area (Å²) in [7, 11) is -7.71. The number of thiophene rings is 1. The summed E-state index contributed by atoms with van der Waals surface area (Å²) in [4.78, 5) is 0.651. The minimum Gasteiger partial charge on any atom is -0.418 e. The third kappa shape index (κ3) is 6.40. The van der Waals surface area contributed by atoms with Crippen LogP contribution in [0, 0.1) is 0 Å². The van der Waals surface area contributed by atoms with Crippen LogP contribution < -0.4 is 0 Å². The molecule has 152 valence electrons. The van der Waals surface area contributed by atoms with E-state index in [1.165, 1.54) is 0 Å². The molecule has 1 aromatic carbocycles. The minimum absolute atomic E-state index is 0.116. The van der Waals surface area contributed by atoms with E-state index in [0.29, 0.717) is 9.58 Å². The molecule has 27 heavy (non-hydrogen) atoms. The van der Waals surface area contributed by atoms with Crippen molar-refractivity contribution in [3.8, 4) is 0 Å². The quantitative estimate of drug-likeness (QED) is 0.200. The van der Waals surface area contributed by atoms with E-state index in [-0.39, 0.29) is 5.92 Å². The lowest BCUT2D eigenvalue weighted by Gasteiger charge is -2.10. The van der Waals surface area contributed by atoms with Crippen LogP contribution in [-0.2, 0) is 11.9 Å². The van der Waals surface area contributed by atoms with Crippen LogP contribution in [0.2, 0.25) is 0 Å². The van der Waals surface area contributed by atoms with E-state index >= 15 is 0 Å². The van der Waals surface area contributed by atoms with Gasteiger partial charge < -0.3 is 17.3 Å². The zero-order chi connectivity index (χ0) is 20.2. The number of benzene rings is 1. The predicted molar refractivity (Wildman–Crippen MR) is 97.7 cm³/mol. The third-order valence-corrected chi connectivity index (χ3v) is 6.91. The first-order valence-corrected chi connectivity index (χ1v) is 10.3. The van der Waals surface area contributed by atoms with Crippen molar-refractivity contribution in [3.63, 3.8) is 0 Å². The van der Waals surface area contributed by atoms with E-state index in [4.69, 9.17) is 0 Å². The summed E-state index contributed by atoms with van der Waals surface area (Å²) in [5, 5.41) is 0.789. The molecule has 1 atom stereocenters. The highest BCUT2D eigenvalue weighted by Gasteiger charge is 2.49. The number of fused-ring (bicyclic) bond motifs is 1. The summed E-state index contributed by atoms with van der Waals surface area (Å²) in [6, 6.07) is 7.47. The molecular formula is C18H22BF7S. The molecule has 9 heteroatoms. The Bertz CT molecular complexity index is 734. The number of aryl methyl sites for hydroxylation is 1. The fourth-order valence-corrected chi connectivity index (χ4v) is 5.76. The third-order valence-electron chi connectivity index (χ3n) is 4.73. The number of halogens is 7. The van der Waals surface area contributed by atoms with E-state index in [1.807, 2.05) is 25.1 Å². The number of hydrogen-bond acceptors (Lipinski definition) is 0. The molecule has 0 N–H and O–H groups in total. The maximum Gasteiger partial charge on any atom is 0.673 e. The molecular weight excluding hydrogens is 392 g/mol. The first-order valence-electron chi connectivity index (χ1n) is 9.03. The zero-order valence-electron chi connectivity index (χ0n) is 15.0. The lowest BCUT2D eigenvalue weighted by atomic mass is 9.98. The lowest BCUT2D eigenvalue weighted by molar-refractivity contribution is -0.0868. The fraction of sp³-hybridized carbons (Fsp3) is 0.556.